The first-order valence-electron chi connectivity index (χ1n) is 6.60. The standard InChI is InChI=1S/C14H18Cl3NO/c15-11-5-6-12(16)14(17)10(11)7-18-13-4-2-1-3-9(13)8-19/h5-6,9,13,18-19H,1-4,7-8H2. The molecule has 2 nitrogen and oxygen atoms in total. The van der Waals surface area contributed by atoms with Gasteiger partial charge in [-0.2, -0.15) is 0 Å². The van der Waals surface area contributed by atoms with Gasteiger partial charge in [0, 0.05) is 29.8 Å². The summed E-state index contributed by atoms with van der Waals surface area (Å²) in [6.45, 7) is 0.814. The van der Waals surface area contributed by atoms with Crippen molar-refractivity contribution in [2.24, 2.45) is 5.92 Å². The van der Waals surface area contributed by atoms with Crippen LogP contribution in [0.5, 0.6) is 0 Å². The Hall–Kier alpha value is 0.01000. The quantitative estimate of drug-likeness (QED) is 0.811. The molecule has 2 N–H and O–H groups in total. The van der Waals surface area contributed by atoms with Gasteiger partial charge in [-0.15, -0.1) is 0 Å². The van der Waals surface area contributed by atoms with E-state index >= 15 is 0 Å². The Balaban J connectivity index is 2.04. The van der Waals surface area contributed by atoms with Crippen molar-refractivity contribution in [1.82, 2.24) is 5.32 Å². The zero-order chi connectivity index (χ0) is 13.8. The van der Waals surface area contributed by atoms with Crippen molar-refractivity contribution in [3.63, 3.8) is 0 Å². The highest BCUT2D eigenvalue weighted by Crippen LogP contribution is 2.32. The lowest BCUT2D eigenvalue weighted by Gasteiger charge is -2.31. The van der Waals surface area contributed by atoms with Crippen molar-refractivity contribution >= 4 is 34.8 Å². The van der Waals surface area contributed by atoms with Crippen LogP contribution < -0.4 is 5.32 Å². The fraction of sp³-hybridized carbons (Fsp3) is 0.571. The molecular weight excluding hydrogens is 305 g/mol. The lowest BCUT2D eigenvalue weighted by atomic mass is 9.85. The van der Waals surface area contributed by atoms with Gasteiger partial charge in [-0.1, -0.05) is 47.6 Å². The Morgan fingerprint density at radius 2 is 1.79 bits per heavy atom. The van der Waals surface area contributed by atoms with E-state index in [4.69, 9.17) is 34.8 Å². The first-order chi connectivity index (χ1) is 9.13. The van der Waals surface area contributed by atoms with Gasteiger partial charge in [0.25, 0.3) is 0 Å². The van der Waals surface area contributed by atoms with Crippen molar-refractivity contribution in [2.45, 2.75) is 38.3 Å². The van der Waals surface area contributed by atoms with Crippen LogP contribution in [0.1, 0.15) is 31.2 Å². The van der Waals surface area contributed by atoms with Gasteiger partial charge in [-0.05, 0) is 30.9 Å². The molecule has 5 heteroatoms. The molecule has 0 aliphatic heterocycles. The fourth-order valence-electron chi connectivity index (χ4n) is 2.66. The predicted octanol–water partition coefficient (Wildman–Crippen LogP) is 4.29. The Bertz CT molecular complexity index is 439. The monoisotopic (exact) mass is 321 g/mol. The SMILES string of the molecule is OCC1CCCCC1NCc1c(Cl)ccc(Cl)c1Cl. The van der Waals surface area contributed by atoms with Crippen LogP contribution in [-0.2, 0) is 6.54 Å². The van der Waals surface area contributed by atoms with Crippen molar-refractivity contribution in [3.8, 4) is 0 Å². The molecule has 0 aromatic heterocycles. The van der Waals surface area contributed by atoms with Gasteiger partial charge in [-0.25, -0.2) is 0 Å². The molecule has 1 aliphatic rings. The van der Waals surface area contributed by atoms with Gasteiger partial charge in [-0.3, -0.25) is 0 Å². The molecule has 0 saturated heterocycles. The summed E-state index contributed by atoms with van der Waals surface area (Å²) in [5.74, 6) is 0.325. The van der Waals surface area contributed by atoms with E-state index in [-0.39, 0.29) is 6.61 Å². The minimum atomic E-state index is 0.231. The van der Waals surface area contributed by atoms with Crippen molar-refractivity contribution in [1.29, 1.82) is 0 Å². The summed E-state index contributed by atoms with van der Waals surface area (Å²) in [5.41, 5.74) is 0.832. The number of nitrogens with one attached hydrogen (secondary N) is 1. The molecule has 1 fully saturated rings. The van der Waals surface area contributed by atoms with E-state index < -0.39 is 0 Å². The maximum atomic E-state index is 9.40. The maximum Gasteiger partial charge on any atom is 0.0652 e. The minimum Gasteiger partial charge on any atom is -0.396 e. The molecule has 0 bridgehead atoms. The van der Waals surface area contributed by atoms with Crippen LogP contribution in [0.3, 0.4) is 0 Å². The summed E-state index contributed by atoms with van der Waals surface area (Å²) in [6, 6.07) is 3.79. The van der Waals surface area contributed by atoms with E-state index in [2.05, 4.69) is 5.32 Å². The molecule has 2 rings (SSSR count). The van der Waals surface area contributed by atoms with E-state index in [9.17, 15) is 5.11 Å². The molecule has 0 heterocycles. The topological polar surface area (TPSA) is 32.3 Å². The summed E-state index contributed by atoms with van der Waals surface area (Å²) in [5, 5.41) is 14.5. The van der Waals surface area contributed by atoms with Crippen LogP contribution >= 0.6 is 34.8 Å². The molecule has 0 spiro atoms. The molecule has 1 aliphatic carbocycles. The van der Waals surface area contributed by atoms with Crippen LogP contribution in [0.4, 0.5) is 0 Å². The normalized spacial score (nSPS) is 23.6. The van der Waals surface area contributed by atoms with Gasteiger partial charge < -0.3 is 10.4 Å². The second-order valence-corrected chi connectivity index (χ2v) is 6.23. The van der Waals surface area contributed by atoms with Gasteiger partial charge in [0.2, 0.25) is 0 Å². The van der Waals surface area contributed by atoms with Gasteiger partial charge in [0.1, 0.15) is 0 Å². The van der Waals surface area contributed by atoms with Crippen molar-refractivity contribution < 1.29 is 5.11 Å². The number of benzene rings is 1. The van der Waals surface area contributed by atoms with E-state index in [1.54, 1.807) is 12.1 Å². The summed E-state index contributed by atoms with van der Waals surface area (Å²) < 4.78 is 0. The highest BCUT2D eigenvalue weighted by Gasteiger charge is 2.24. The average molecular weight is 323 g/mol. The number of aliphatic hydroxyl groups excluding tert-OH is 1. The third-order valence-electron chi connectivity index (χ3n) is 3.82. The molecule has 19 heavy (non-hydrogen) atoms. The lowest BCUT2D eigenvalue weighted by molar-refractivity contribution is 0.152. The number of halogens is 3. The predicted molar refractivity (Wildman–Crippen MR) is 81.1 cm³/mol. The average Bonchev–Trinajstić information content (AvgIpc) is 2.43. The van der Waals surface area contributed by atoms with Gasteiger partial charge in [0.15, 0.2) is 0 Å². The van der Waals surface area contributed by atoms with Gasteiger partial charge in [0.05, 0.1) is 10.0 Å². The van der Waals surface area contributed by atoms with E-state index in [0.717, 1.165) is 18.4 Å². The molecule has 2 unspecified atom stereocenters. The molecule has 2 atom stereocenters. The number of aliphatic hydroxyl groups is 1. The zero-order valence-electron chi connectivity index (χ0n) is 10.6. The van der Waals surface area contributed by atoms with Crippen LogP contribution in [0.15, 0.2) is 12.1 Å². The summed E-state index contributed by atoms with van der Waals surface area (Å²) in [4.78, 5) is 0. The number of hydrogen-bond acceptors (Lipinski definition) is 2. The second kappa shape index (κ2) is 7.14. The second-order valence-electron chi connectivity index (χ2n) is 5.04. The van der Waals surface area contributed by atoms with E-state index in [1.165, 1.54) is 12.8 Å². The molecule has 106 valence electrons. The van der Waals surface area contributed by atoms with Crippen molar-refractivity contribution in [3.05, 3.63) is 32.8 Å². The van der Waals surface area contributed by atoms with Gasteiger partial charge >= 0.3 is 0 Å². The molecule has 0 radical (unpaired) electrons. The third kappa shape index (κ3) is 3.77. The Morgan fingerprint density at radius 3 is 2.53 bits per heavy atom. The molecule has 1 saturated carbocycles. The number of rotatable bonds is 4. The van der Waals surface area contributed by atoms with Crippen LogP contribution in [0, 0.1) is 5.92 Å². The summed E-state index contributed by atoms with van der Waals surface area (Å²) in [6.07, 6.45) is 4.56. The highest BCUT2D eigenvalue weighted by atomic mass is 35.5. The number of hydrogen-bond donors (Lipinski definition) is 2. The Kier molecular flexibility index (Phi) is 5.79. The summed E-state index contributed by atoms with van der Waals surface area (Å²) >= 11 is 18.3. The Morgan fingerprint density at radius 1 is 1.11 bits per heavy atom. The van der Waals surface area contributed by atoms with E-state index in [0.29, 0.717) is 33.6 Å². The third-order valence-corrected chi connectivity index (χ3v) is 5.02. The highest BCUT2D eigenvalue weighted by molar-refractivity contribution is 6.44. The first-order valence-corrected chi connectivity index (χ1v) is 7.73. The fourth-order valence-corrected chi connectivity index (χ4v) is 3.34. The molecular formula is C14H18Cl3NO. The lowest BCUT2D eigenvalue weighted by Crippen LogP contribution is -2.39. The van der Waals surface area contributed by atoms with E-state index in [1.807, 2.05) is 0 Å². The van der Waals surface area contributed by atoms with Crippen LogP contribution in [0.25, 0.3) is 0 Å². The minimum absolute atomic E-state index is 0.231. The maximum absolute atomic E-state index is 9.40. The smallest absolute Gasteiger partial charge is 0.0652 e. The first kappa shape index (κ1) is 15.4. The zero-order valence-corrected chi connectivity index (χ0v) is 12.9. The molecule has 1 aromatic carbocycles. The molecule has 0 amide bonds. The van der Waals surface area contributed by atoms with Crippen LogP contribution in [0.2, 0.25) is 15.1 Å². The largest absolute Gasteiger partial charge is 0.396 e. The van der Waals surface area contributed by atoms with Crippen LogP contribution in [-0.4, -0.2) is 17.8 Å². The Labute approximate surface area is 129 Å². The summed E-state index contributed by atoms with van der Waals surface area (Å²) in [7, 11) is 0. The molecule has 1 aromatic rings. The van der Waals surface area contributed by atoms with Crippen molar-refractivity contribution in [2.75, 3.05) is 6.61 Å².